The van der Waals surface area contributed by atoms with Crippen LogP contribution in [0.4, 0.5) is 5.69 Å². The number of nitriles is 1. The van der Waals surface area contributed by atoms with Gasteiger partial charge < -0.3 is 19.3 Å². The Morgan fingerprint density at radius 3 is 2.67 bits per heavy atom. The van der Waals surface area contributed by atoms with Crippen molar-refractivity contribution in [3.63, 3.8) is 0 Å². The Morgan fingerprint density at radius 2 is 2.07 bits per heavy atom. The van der Waals surface area contributed by atoms with E-state index in [4.69, 9.17) is 19.3 Å². The molecule has 0 unspecified atom stereocenters. The number of rotatable bonds is 4. The quantitative estimate of drug-likeness (QED) is 0.633. The minimum Gasteiger partial charge on any atom is -0.468 e. The van der Waals surface area contributed by atoms with Gasteiger partial charge in [0, 0.05) is 5.22 Å². The molecule has 0 radical (unpaired) electrons. The van der Waals surface area contributed by atoms with Gasteiger partial charge in [-0.1, -0.05) is 11.8 Å². The predicted octanol–water partition coefficient (Wildman–Crippen LogP) is 2.14. The normalized spacial score (nSPS) is 16.6. The third-order valence-electron chi connectivity index (χ3n) is 4.41. The number of furan rings is 2. The lowest BCUT2D eigenvalue weighted by atomic mass is 10.2. The summed E-state index contributed by atoms with van der Waals surface area (Å²) in [5, 5.41) is 9.41. The van der Waals surface area contributed by atoms with Crippen LogP contribution in [0.25, 0.3) is 11.0 Å². The van der Waals surface area contributed by atoms with Crippen molar-refractivity contribution in [3.8, 4) is 6.07 Å². The average molecular weight is 423 g/mol. The lowest BCUT2D eigenvalue weighted by molar-refractivity contribution is -0.139. The summed E-state index contributed by atoms with van der Waals surface area (Å²) < 4.78 is 17.3. The molecule has 1 aliphatic heterocycles. The van der Waals surface area contributed by atoms with Crippen LogP contribution in [0.5, 0.6) is 0 Å². The number of carbonyl (C=O) groups excluding carboxylic acids is 2. The standard InChI is InChI=1S/C21H17N3O5S/c1-11(2)29-21(26)19-17-13(9-12-5-3-7-27-12)16(23)14(10-22)24(17)20(25)18(30-19)15-6-4-8-28-15/h3-9,11,18H,23H2,1-2H3/b13-9+/t18-/m1/s1. The molecule has 0 saturated heterocycles. The van der Waals surface area contributed by atoms with E-state index in [1.807, 2.05) is 6.07 Å². The van der Waals surface area contributed by atoms with E-state index >= 15 is 0 Å². The fraction of sp³-hybridized carbons (Fsp3) is 0.190. The first-order valence-corrected chi connectivity index (χ1v) is 9.95. The molecule has 3 aromatic rings. The van der Waals surface area contributed by atoms with Crippen LogP contribution in [0.1, 0.15) is 41.1 Å². The highest BCUT2D eigenvalue weighted by atomic mass is 32.2. The van der Waals surface area contributed by atoms with Crippen molar-refractivity contribution in [2.45, 2.75) is 25.2 Å². The van der Waals surface area contributed by atoms with Gasteiger partial charge in [-0.2, -0.15) is 5.26 Å². The molecule has 9 heteroatoms. The molecule has 0 amide bonds. The number of anilines is 1. The Balaban J connectivity index is 2.07. The zero-order valence-electron chi connectivity index (χ0n) is 16.1. The van der Waals surface area contributed by atoms with Crippen LogP contribution in [0, 0.1) is 11.3 Å². The van der Waals surface area contributed by atoms with Crippen LogP contribution in [0.2, 0.25) is 0 Å². The SMILES string of the molecule is CC(C)OC(=O)C1=c2/c(=C/c3ccco3)c(N)c(C#N)n2C(=O)[C@@H](c2ccco2)S1. The minimum atomic E-state index is -0.863. The molecular formula is C21H17N3O5S. The van der Waals surface area contributed by atoms with Gasteiger partial charge in [0.15, 0.2) is 5.69 Å². The molecule has 3 aromatic heterocycles. The number of nitrogen functional groups attached to an aromatic ring is 1. The smallest absolute Gasteiger partial charge is 0.347 e. The summed E-state index contributed by atoms with van der Waals surface area (Å²) in [5.41, 5.74) is 6.25. The van der Waals surface area contributed by atoms with E-state index in [0.717, 1.165) is 11.8 Å². The zero-order valence-corrected chi connectivity index (χ0v) is 16.9. The molecule has 0 bridgehead atoms. The average Bonchev–Trinajstić information content (AvgIpc) is 3.44. The molecule has 8 nitrogen and oxygen atoms in total. The first-order chi connectivity index (χ1) is 14.4. The van der Waals surface area contributed by atoms with Gasteiger partial charge in [-0.25, -0.2) is 4.79 Å². The summed E-state index contributed by atoms with van der Waals surface area (Å²) in [6.07, 6.45) is 4.14. The summed E-state index contributed by atoms with van der Waals surface area (Å²) in [5.74, 6) is -0.232. The van der Waals surface area contributed by atoms with Gasteiger partial charge in [-0.15, -0.1) is 0 Å². The van der Waals surface area contributed by atoms with Crippen molar-refractivity contribution >= 4 is 40.3 Å². The first-order valence-electron chi connectivity index (χ1n) is 9.07. The van der Waals surface area contributed by atoms with E-state index in [-0.39, 0.29) is 27.7 Å². The molecule has 2 N–H and O–H groups in total. The molecule has 0 aromatic carbocycles. The lowest BCUT2D eigenvalue weighted by Gasteiger charge is -2.21. The lowest BCUT2D eigenvalue weighted by Crippen LogP contribution is -2.42. The van der Waals surface area contributed by atoms with E-state index in [1.165, 1.54) is 17.1 Å². The Kier molecular flexibility index (Phi) is 5.01. The Labute approximate surface area is 175 Å². The monoisotopic (exact) mass is 423 g/mol. The number of aromatic nitrogens is 1. The van der Waals surface area contributed by atoms with Crippen molar-refractivity contribution in [2.24, 2.45) is 0 Å². The van der Waals surface area contributed by atoms with Crippen LogP contribution >= 0.6 is 11.8 Å². The minimum absolute atomic E-state index is 0.0560. The van der Waals surface area contributed by atoms with Crippen LogP contribution < -0.4 is 16.3 Å². The maximum Gasteiger partial charge on any atom is 0.347 e. The molecule has 0 spiro atoms. The number of thioether (sulfide) groups is 1. The molecule has 0 saturated carbocycles. The molecule has 1 aliphatic rings. The number of carbonyl (C=O) groups is 2. The third kappa shape index (κ3) is 3.21. The first kappa shape index (κ1) is 19.7. The summed E-state index contributed by atoms with van der Waals surface area (Å²) >= 11 is 1.01. The Hall–Kier alpha value is -3.64. The van der Waals surface area contributed by atoms with Crippen molar-refractivity contribution in [3.05, 3.63) is 64.6 Å². The maximum atomic E-state index is 13.3. The van der Waals surface area contributed by atoms with Crippen molar-refractivity contribution in [2.75, 3.05) is 5.73 Å². The molecule has 4 rings (SSSR count). The zero-order chi connectivity index (χ0) is 21.4. The van der Waals surface area contributed by atoms with Gasteiger partial charge in [-0.3, -0.25) is 9.36 Å². The second kappa shape index (κ2) is 7.65. The summed E-state index contributed by atoms with van der Waals surface area (Å²) in [4.78, 5) is 26.4. The van der Waals surface area contributed by atoms with Gasteiger partial charge in [0.05, 0.1) is 29.7 Å². The second-order valence-electron chi connectivity index (χ2n) is 6.77. The molecular weight excluding hydrogens is 406 g/mol. The van der Waals surface area contributed by atoms with Gasteiger partial charge in [0.25, 0.3) is 5.91 Å². The Bertz CT molecular complexity index is 1280. The van der Waals surface area contributed by atoms with Gasteiger partial charge in [0.1, 0.15) is 27.7 Å². The maximum absolute atomic E-state index is 13.3. The van der Waals surface area contributed by atoms with E-state index in [1.54, 1.807) is 44.2 Å². The molecule has 1 atom stereocenters. The highest BCUT2D eigenvalue weighted by molar-refractivity contribution is 8.10. The van der Waals surface area contributed by atoms with Crippen LogP contribution in [-0.4, -0.2) is 22.5 Å². The topological polar surface area (TPSA) is 124 Å². The largest absolute Gasteiger partial charge is 0.468 e. The number of nitrogens with two attached hydrogens (primary N) is 1. The number of fused-ring (bicyclic) bond motifs is 1. The van der Waals surface area contributed by atoms with Gasteiger partial charge in [0.2, 0.25) is 0 Å². The molecule has 0 aliphatic carbocycles. The Morgan fingerprint density at radius 1 is 1.33 bits per heavy atom. The third-order valence-corrected chi connectivity index (χ3v) is 5.67. The number of hydrogen-bond donors (Lipinski definition) is 1. The highest BCUT2D eigenvalue weighted by Gasteiger charge is 2.38. The summed E-state index contributed by atoms with van der Waals surface area (Å²) in [7, 11) is 0. The molecule has 152 valence electrons. The van der Waals surface area contributed by atoms with E-state index in [9.17, 15) is 14.9 Å². The van der Waals surface area contributed by atoms with Gasteiger partial charge >= 0.3 is 5.97 Å². The van der Waals surface area contributed by atoms with E-state index < -0.39 is 17.1 Å². The van der Waals surface area contributed by atoms with Crippen molar-refractivity contribution < 1.29 is 23.2 Å². The number of nitrogens with zero attached hydrogens (tertiary/aromatic N) is 2. The number of esters is 1. The molecule has 4 heterocycles. The molecule has 0 fully saturated rings. The van der Waals surface area contributed by atoms with Crippen LogP contribution in [-0.2, 0) is 9.53 Å². The second-order valence-corrected chi connectivity index (χ2v) is 7.88. The summed E-state index contributed by atoms with van der Waals surface area (Å²) in [6.45, 7) is 3.45. The highest BCUT2D eigenvalue weighted by Crippen LogP contribution is 2.39. The number of hydrogen-bond acceptors (Lipinski definition) is 8. The van der Waals surface area contributed by atoms with Crippen molar-refractivity contribution in [1.82, 2.24) is 4.57 Å². The fourth-order valence-electron chi connectivity index (χ4n) is 3.20. The van der Waals surface area contributed by atoms with Gasteiger partial charge in [-0.05, 0) is 44.2 Å². The molecule has 30 heavy (non-hydrogen) atoms. The number of ether oxygens (including phenoxy) is 1. The fourth-order valence-corrected chi connectivity index (χ4v) is 4.35. The van der Waals surface area contributed by atoms with E-state index in [0.29, 0.717) is 16.7 Å². The summed E-state index contributed by atoms with van der Waals surface area (Å²) in [6, 6.07) is 8.66. The van der Waals surface area contributed by atoms with E-state index in [2.05, 4.69) is 0 Å². The van der Waals surface area contributed by atoms with Crippen LogP contribution in [0.15, 0.2) is 45.6 Å². The van der Waals surface area contributed by atoms with Crippen LogP contribution in [0.3, 0.4) is 0 Å². The predicted molar refractivity (Wildman–Crippen MR) is 109 cm³/mol. The van der Waals surface area contributed by atoms with Crippen molar-refractivity contribution in [1.29, 1.82) is 5.26 Å².